The summed E-state index contributed by atoms with van der Waals surface area (Å²) in [7, 11) is 2.17. The van der Waals surface area contributed by atoms with Crippen LogP contribution in [0.2, 0.25) is 0 Å². The summed E-state index contributed by atoms with van der Waals surface area (Å²) in [4.78, 5) is 4.80. The van der Waals surface area contributed by atoms with Gasteiger partial charge in [0.15, 0.2) is 0 Å². The fourth-order valence-corrected chi connectivity index (χ4v) is 3.52. The number of fused-ring (bicyclic) bond motifs is 1. The highest BCUT2D eigenvalue weighted by molar-refractivity contribution is 5.78. The minimum Gasteiger partial charge on any atom is -0.482 e. The topological polar surface area (TPSA) is 27.7 Å². The lowest BCUT2D eigenvalue weighted by atomic mass is 10.1. The van der Waals surface area contributed by atoms with Crippen molar-refractivity contribution in [1.29, 1.82) is 0 Å². The molecule has 0 aliphatic carbocycles. The number of ether oxygens (including phenoxy) is 1. The third-order valence-corrected chi connectivity index (χ3v) is 4.70. The van der Waals surface area contributed by atoms with Crippen LogP contribution in [0.3, 0.4) is 0 Å². The third kappa shape index (κ3) is 2.75. The Bertz CT molecular complexity index is 668. The van der Waals surface area contributed by atoms with Gasteiger partial charge in [-0.25, -0.2) is 0 Å². The summed E-state index contributed by atoms with van der Waals surface area (Å²) >= 11 is 0. The second-order valence-electron chi connectivity index (χ2n) is 6.26. The fraction of sp³-hybridized carbons (Fsp3) is 0.368. The molecule has 1 N–H and O–H groups in total. The molecule has 120 valence electrons. The van der Waals surface area contributed by atoms with Crippen molar-refractivity contribution < 1.29 is 4.74 Å². The van der Waals surface area contributed by atoms with Gasteiger partial charge < -0.3 is 19.9 Å². The maximum absolute atomic E-state index is 6.34. The molecule has 0 saturated carbocycles. The van der Waals surface area contributed by atoms with Crippen LogP contribution in [-0.4, -0.2) is 39.8 Å². The Balaban J connectivity index is 1.66. The van der Waals surface area contributed by atoms with Gasteiger partial charge in [-0.2, -0.15) is 0 Å². The number of piperazine rings is 1. The highest BCUT2D eigenvalue weighted by atomic mass is 16.5. The van der Waals surface area contributed by atoms with Gasteiger partial charge in [-0.15, -0.1) is 0 Å². The first-order valence-electron chi connectivity index (χ1n) is 8.34. The van der Waals surface area contributed by atoms with Gasteiger partial charge in [-0.1, -0.05) is 36.4 Å². The van der Waals surface area contributed by atoms with E-state index in [1.54, 1.807) is 0 Å². The Hall–Kier alpha value is -2.20. The van der Waals surface area contributed by atoms with Crippen molar-refractivity contribution in [2.75, 3.05) is 49.6 Å². The van der Waals surface area contributed by atoms with Crippen LogP contribution in [0.25, 0.3) is 0 Å². The molecule has 4 nitrogen and oxygen atoms in total. The van der Waals surface area contributed by atoms with E-state index in [0.29, 0.717) is 0 Å². The predicted octanol–water partition coefficient (Wildman–Crippen LogP) is 2.67. The minimum absolute atomic E-state index is 0.0898. The van der Waals surface area contributed by atoms with Crippen molar-refractivity contribution in [3.05, 3.63) is 54.1 Å². The van der Waals surface area contributed by atoms with Crippen molar-refractivity contribution in [1.82, 2.24) is 5.32 Å². The molecule has 4 rings (SSSR count). The van der Waals surface area contributed by atoms with E-state index < -0.39 is 0 Å². The summed E-state index contributed by atoms with van der Waals surface area (Å²) < 4.78 is 6.34. The number of likely N-dealkylation sites (N-methyl/N-ethyl adjacent to an activating group) is 1. The van der Waals surface area contributed by atoms with Gasteiger partial charge in [0, 0.05) is 33.2 Å². The summed E-state index contributed by atoms with van der Waals surface area (Å²) in [6, 6.07) is 16.9. The standard InChI is InChI=1S/C19H23N3O/c1-21-14-18(15-6-3-2-4-7-15)23-17-9-5-8-16(19(17)21)22-12-10-20-11-13-22/h2-9,18,20H,10-14H2,1H3. The van der Waals surface area contributed by atoms with Crippen molar-refractivity contribution in [2.45, 2.75) is 6.10 Å². The van der Waals surface area contributed by atoms with Gasteiger partial charge >= 0.3 is 0 Å². The van der Waals surface area contributed by atoms with Gasteiger partial charge in [0.1, 0.15) is 17.5 Å². The smallest absolute Gasteiger partial charge is 0.145 e. The number of nitrogens with one attached hydrogen (secondary N) is 1. The number of nitrogens with zero attached hydrogens (tertiary/aromatic N) is 2. The second-order valence-corrected chi connectivity index (χ2v) is 6.26. The van der Waals surface area contributed by atoms with Crippen LogP contribution in [0.1, 0.15) is 11.7 Å². The van der Waals surface area contributed by atoms with E-state index in [2.05, 4.69) is 64.6 Å². The molecular weight excluding hydrogens is 286 g/mol. The van der Waals surface area contributed by atoms with Crippen molar-refractivity contribution in [2.24, 2.45) is 0 Å². The number of benzene rings is 2. The Morgan fingerprint density at radius 2 is 1.78 bits per heavy atom. The lowest BCUT2D eigenvalue weighted by molar-refractivity contribution is 0.200. The molecule has 1 saturated heterocycles. The SMILES string of the molecule is CN1CC(c2ccccc2)Oc2cccc(N3CCNCC3)c21. The summed E-state index contributed by atoms with van der Waals surface area (Å²) in [5, 5.41) is 3.42. The summed E-state index contributed by atoms with van der Waals surface area (Å²) in [5.41, 5.74) is 3.75. The maximum Gasteiger partial charge on any atom is 0.145 e. The average molecular weight is 309 g/mol. The van der Waals surface area contributed by atoms with Crippen LogP contribution in [0, 0.1) is 0 Å². The van der Waals surface area contributed by atoms with E-state index in [-0.39, 0.29) is 6.10 Å². The average Bonchev–Trinajstić information content (AvgIpc) is 2.62. The van der Waals surface area contributed by atoms with Crippen molar-refractivity contribution in [3.8, 4) is 5.75 Å². The molecule has 23 heavy (non-hydrogen) atoms. The van der Waals surface area contributed by atoms with E-state index in [0.717, 1.165) is 38.5 Å². The van der Waals surface area contributed by atoms with Gasteiger partial charge in [-0.05, 0) is 17.7 Å². The first-order chi connectivity index (χ1) is 11.3. The number of rotatable bonds is 2. The van der Waals surface area contributed by atoms with Crippen LogP contribution >= 0.6 is 0 Å². The molecule has 2 heterocycles. The first-order valence-corrected chi connectivity index (χ1v) is 8.34. The van der Waals surface area contributed by atoms with Crippen molar-refractivity contribution >= 4 is 11.4 Å². The highest BCUT2D eigenvalue weighted by Gasteiger charge is 2.28. The summed E-state index contributed by atoms with van der Waals surface area (Å²) in [6.07, 6.45) is 0.0898. The quantitative estimate of drug-likeness (QED) is 0.923. The first kappa shape index (κ1) is 14.4. The number of hydrogen-bond donors (Lipinski definition) is 1. The Kier molecular flexibility index (Phi) is 3.83. The van der Waals surface area contributed by atoms with Crippen LogP contribution in [0.15, 0.2) is 48.5 Å². The zero-order valence-electron chi connectivity index (χ0n) is 13.5. The molecule has 0 bridgehead atoms. The molecule has 2 aliphatic heterocycles. The lowest BCUT2D eigenvalue weighted by Gasteiger charge is -2.39. The Morgan fingerprint density at radius 3 is 2.57 bits per heavy atom. The van der Waals surface area contributed by atoms with Gasteiger partial charge in [-0.3, -0.25) is 0 Å². The molecule has 2 aliphatic rings. The molecule has 1 unspecified atom stereocenters. The minimum atomic E-state index is 0.0898. The van der Waals surface area contributed by atoms with E-state index >= 15 is 0 Å². The maximum atomic E-state index is 6.34. The van der Waals surface area contributed by atoms with Gasteiger partial charge in [0.25, 0.3) is 0 Å². The molecular formula is C19H23N3O. The Morgan fingerprint density at radius 1 is 1.00 bits per heavy atom. The van der Waals surface area contributed by atoms with E-state index in [1.807, 2.05) is 6.07 Å². The fourth-order valence-electron chi connectivity index (χ4n) is 3.52. The summed E-state index contributed by atoms with van der Waals surface area (Å²) in [6.45, 7) is 5.06. The number of hydrogen-bond acceptors (Lipinski definition) is 4. The lowest BCUT2D eigenvalue weighted by Crippen LogP contribution is -2.44. The number of anilines is 2. The van der Waals surface area contributed by atoms with Gasteiger partial charge in [0.05, 0.1) is 12.2 Å². The molecule has 2 aromatic carbocycles. The monoisotopic (exact) mass is 309 g/mol. The highest BCUT2D eigenvalue weighted by Crippen LogP contribution is 2.43. The molecule has 1 fully saturated rings. The van der Waals surface area contributed by atoms with E-state index in [1.165, 1.54) is 16.9 Å². The number of para-hydroxylation sites is 1. The Labute approximate surface area is 137 Å². The third-order valence-electron chi connectivity index (χ3n) is 4.70. The molecule has 0 spiro atoms. The van der Waals surface area contributed by atoms with Crippen LogP contribution in [0.4, 0.5) is 11.4 Å². The van der Waals surface area contributed by atoms with Crippen molar-refractivity contribution in [3.63, 3.8) is 0 Å². The van der Waals surface area contributed by atoms with Crippen LogP contribution < -0.4 is 19.9 Å². The van der Waals surface area contributed by atoms with Crippen LogP contribution in [0.5, 0.6) is 5.75 Å². The molecule has 2 aromatic rings. The zero-order valence-corrected chi connectivity index (χ0v) is 13.5. The molecule has 0 aromatic heterocycles. The molecule has 0 amide bonds. The molecule has 4 heteroatoms. The normalized spacial score (nSPS) is 20.8. The van der Waals surface area contributed by atoms with E-state index in [9.17, 15) is 0 Å². The van der Waals surface area contributed by atoms with Crippen LogP contribution in [-0.2, 0) is 0 Å². The van der Waals surface area contributed by atoms with E-state index in [4.69, 9.17) is 4.74 Å². The summed E-state index contributed by atoms with van der Waals surface area (Å²) in [5.74, 6) is 0.989. The molecule has 1 atom stereocenters. The zero-order chi connectivity index (χ0) is 15.6. The van der Waals surface area contributed by atoms with Gasteiger partial charge in [0.2, 0.25) is 0 Å². The predicted molar refractivity (Wildman–Crippen MR) is 94.6 cm³/mol. The second kappa shape index (κ2) is 6.13. The largest absolute Gasteiger partial charge is 0.482 e. The molecule has 0 radical (unpaired) electrons.